The average molecular weight is 287 g/mol. The van der Waals surface area contributed by atoms with E-state index in [0.717, 1.165) is 19.5 Å². The summed E-state index contributed by atoms with van der Waals surface area (Å²) in [7, 11) is 2.48. The monoisotopic (exact) mass is 287 g/mol. The zero-order chi connectivity index (χ0) is 14.7. The fraction of sp³-hybridized carbons (Fsp3) is 0.500. The van der Waals surface area contributed by atoms with Gasteiger partial charge in [-0.15, -0.1) is 0 Å². The van der Waals surface area contributed by atoms with Crippen molar-refractivity contribution in [2.75, 3.05) is 21.3 Å². The first kappa shape index (κ1) is 17.7. The van der Waals surface area contributed by atoms with Crippen LogP contribution >= 0.6 is 0 Å². The van der Waals surface area contributed by atoms with Crippen LogP contribution in [0, 0.1) is 0 Å². The number of carbonyl (C=O) groups is 1. The topological polar surface area (TPSA) is 71.7 Å². The molecule has 0 aliphatic rings. The van der Waals surface area contributed by atoms with E-state index in [1.807, 2.05) is 30.6 Å². The van der Waals surface area contributed by atoms with Crippen LogP contribution in [-0.4, -0.2) is 36.1 Å². The van der Waals surface area contributed by atoms with Crippen LogP contribution in [0.3, 0.4) is 0 Å². The molecule has 1 rings (SSSR count). The van der Waals surface area contributed by atoms with Crippen molar-refractivity contribution in [3.63, 3.8) is 0 Å². The lowest BCUT2D eigenvalue weighted by atomic mass is 10.5. The molecular formula is C12H21NO5Si. The van der Waals surface area contributed by atoms with Gasteiger partial charge < -0.3 is 23.2 Å². The van der Waals surface area contributed by atoms with Gasteiger partial charge in [0.25, 0.3) is 0 Å². The van der Waals surface area contributed by atoms with Crippen molar-refractivity contribution in [3.8, 4) is 0 Å². The molecule has 0 bridgehead atoms. The van der Waals surface area contributed by atoms with Crippen LogP contribution in [0.5, 0.6) is 0 Å². The maximum Gasteiger partial charge on any atom is 0.506 e. The fourth-order valence-corrected chi connectivity index (χ4v) is 3.05. The summed E-state index contributed by atoms with van der Waals surface area (Å²) in [5.74, 6) is -1.08. The smallest absolute Gasteiger partial charge is 0.506 e. The number of aryl methyl sites for hydroxylation is 1. The Morgan fingerprint density at radius 3 is 1.89 bits per heavy atom. The molecule has 0 aliphatic carbocycles. The highest BCUT2D eigenvalue weighted by Crippen LogP contribution is 2.11. The minimum atomic E-state index is -2.42. The second-order valence-electron chi connectivity index (χ2n) is 3.65. The van der Waals surface area contributed by atoms with Gasteiger partial charge in [-0.3, -0.25) is 0 Å². The van der Waals surface area contributed by atoms with Gasteiger partial charge in [0, 0.05) is 39.4 Å². The number of nitrogens with zero attached hydrogens (tertiary/aromatic N) is 1. The third-order valence-electron chi connectivity index (χ3n) is 2.39. The van der Waals surface area contributed by atoms with Crippen molar-refractivity contribution in [2.45, 2.75) is 19.5 Å². The minimum absolute atomic E-state index is 0.769. The quantitative estimate of drug-likeness (QED) is 0.526. The number of rotatable bonds is 6. The maximum atomic E-state index is 8.89. The number of carbonyl (C=O) groups excluding carboxylic acids is 1. The molecule has 6 nitrogen and oxygen atoms in total. The second-order valence-corrected chi connectivity index (χ2v) is 6.74. The Morgan fingerprint density at radius 1 is 1.11 bits per heavy atom. The molecule has 0 saturated carbocycles. The lowest BCUT2D eigenvalue weighted by molar-refractivity contribution is -0.693. The Balaban J connectivity index is 0.000000711. The van der Waals surface area contributed by atoms with Gasteiger partial charge in [0.2, 0.25) is 0 Å². The van der Waals surface area contributed by atoms with Crippen LogP contribution in [0.4, 0.5) is 0 Å². The molecule has 0 atom stereocenters. The van der Waals surface area contributed by atoms with E-state index in [1.165, 1.54) is 0 Å². The van der Waals surface area contributed by atoms with E-state index in [9.17, 15) is 0 Å². The Morgan fingerprint density at radius 2 is 1.53 bits per heavy atom. The maximum absolute atomic E-state index is 8.89. The van der Waals surface area contributed by atoms with Crippen molar-refractivity contribution in [3.05, 3.63) is 30.6 Å². The highest BCUT2D eigenvalue weighted by Gasteiger charge is 2.38. The zero-order valence-corrected chi connectivity index (χ0v) is 12.8. The Kier molecular flexibility index (Phi) is 8.97. The molecule has 0 aliphatic heterocycles. The summed E-state index contributed by atoms with van der Waals surface area (Å²) in [5.41, 5.74) is 0. The van der Waals surface area contributed by atoms with Gasteiger partial charge in [-0.2, -0.15) is 0 Å². The van der Waals surface area contributed by atoms with E-state index < -0.39 is 14.8 Å². The standard InChI is InChI=1S/C10H18NO3Si.C2H4O2/c1-12-15(13-2,14-3)10-9-11-7-5-4-6-8-11;1-2(3)4/h4-8H,9-10H2,1-3H3;1H3,(H,3,4)/q+1;/p-1. The van der Waals surface area contributed by atoms with E-state index in [-0.39, 0.29) is 0 Å². The minimum Gasteiger partial charge on any atom is -0.550 e. The van der Waals surface area contributed by atoms with Crippen LogP contribution in [-0.2, 0) is 24.6 Å². The van der Waals surface area contributed by atoms with Gasteiger partial charge in [0.15, 0.2) is 18.9 Å². The van der Waals surface area contributed by atoms with Crippen molar-refractivity contribution in [1.29, 1.82) is 0 Å². The van der Waals surface area contributed by atoms with Gasteiger partial charge in [-0.25, -0.2) is 4.57 Å². The van der Waals surface area contributed by atoms with Gasteiger partial charge in [-0.1, -0.05) is 6.07 Å². The number of carboxylic acid groups (broad SMARTS) is 1. The normalized spacial score (nSPS) is 10.5. The third-order valence-corrected chi connectivity index (χ3v) is 5.09. The first-order valence-electron chi connectivity index (χ1n) is 5.76. The summed E-state index contributed by atoms with van der Waals surface area (Å²) >= 11 is 0. The SMILES string of the molecule is CC(=O)[O-].CO[Si](CC[n+]1ccccc1)(OC)OC. The first-order chi connectivity index (χ1) is 8.99. The summed E-state index contributed by atoms with van der Waals surface area (Å²) in [4.78, 5) is 8.89. The number of hydrogen-bond donors (Lipinski definition) is 0. The number of aliphatic carboxylic acids is 1. The second kappa shape index (κ2) is 9.62. The van der Waals surface area contributed by atoms with E-state index in [2.05, 4.69) is 4.57 Å². The van der Waals surface area contributed by atoms with Crippen LogP contribution in [0.25, 0.3) is 0 Å². The number of aromatic nitrogens is 1. The lowest BCUT2D eigenvalue weighted by Crippen LogP contribution is -2.47. The summed E-state index contributed by atoms with van der Waals surface area (Å²) in [6.45, 7) is 1.81. The Labute approximate surface area is 114 Å². The molecule has 1 heterocycles. The fourth-order valence-electron chi connectivity index (χ4n) is 1.41. The van der Waals surface area contributed by atoms with Crippen LogP contribution in [0.15, 0.2) is 30.6 Å². The molecule has 1 aromatic rings. The zero-order valence-electron chi connectivity index (χ0n) is 11.8. The molecule has 7 heteroatoms. The molecule has 0 radical (unpaired) electrons. The molecule has 0 aromatic carbocycles. The highest BCUT2D eigenvalue weighted by atomic mass is 28.4. The van der Waals surface area contributed by atoms with Gasteiger partial charge in [0.05, 0.1) is 6.04 Å². The molecule has 19 heavy (non-hydrogen) atoms. The van der Waals surface area contributed by atoms with E-state index in [4.69, 9.17) is 23.2 Å². The van der Waals surface area contributed by atoms with Crippen molar-refractivity contribution in [2.24, 2.45) is 0 Å². The molecule has 1 aromatic heterocycles. The number of pyridine rings is 1. The van der Waals surface area contributed by atoms with E-state index >= 15 is 0 Å². The number of carboxylic acids is 1. The average Bonchev–Trinajstić information content (AvgIpc) is 2.42. The molecular weight excluding hydrogens is 266 g/mol. The molecule has 0 unspecified atom stereocenters. The van der Waals surface area contributed by atoms with Crippen LogP contribution in [0.2, 0.25) is 6.04 Å². The molecule has 0 fully saturated rings. The Bertz CT molecular complexity index is 344. The first-order valence-corrected chi connectivity index (χ1v) is 7.70. The largest absolute Gasteiger partial charge is 0.550 e. The van der Waals surface area contributed by atoms with Crippen LogP contribution in [0.1, 0.15) is 6.92 Å². The molecule has 108 valence electrons. The Hall–Kier alpha value is -1.28. The van der Waals surface area contributed by atoms with E-state index in [1.54, 1.807) is 21.3 Å². The van der Waals surface area contributed by atoms with Crippen LogP contribution < -0.4 is 9.67 Å². The lowest BCUT2D eigenvalue weighted by Gasteiger charge is -2.22. The molecule has 0 amide bonds. The number of hydrogen-bond acceptors (Lipinski definition) is 5. The predicted octanol–water partition coefficient (Wildman–Crippen LogP) is -0.392. The summed E-state index contributed by atoms with van der Waals surface area (Å²) < 4.78 is 18.1. The van der Waals surface area contributed by atoms with Crippen molar-refractivity contribution in [1.82, 2.24) is 0 Å². The predicted molar refractivity (Wildman–Crippen MR) is 68.9 cm³/mol. The third kappa shape index (κ3) is 7.68. The van der Waals surface area contributed by atoms with Gasteiger partial charge in [-0.05, 0) is 6.92 Å². The molecule has 0 N–H and O–H groups in total. The summed E-state index contributed by atoms with van der Waals surface area (Å²) in [6, 6.07) is 6.75. The summed E-state index contributed by atoms with van der Waals surface area (Å²) in [5, 5.41) is 8.89. The molecule has 0 saturated heterocycles. The van der Waals surface area contributed by atoms with E-state index in [0.29, 0.717) is 0 Å². The molecule has 0 spiro atoms. The van der Waals surface area contributed by atoms with Crippen molar-refractivity contribution < 1.29 is 27.7 Å². The van der Waals surface area contributed by atoms with Crippen molar-refractivity contribution >= 4 is 14.8 Å². The highest BCUT2D eigenvalue weighted by molar-refractivity contribution is 6.60. The van der Waals surface area contributed by atoms with Gasteiger partial charge in [0.1, 0.15) is 0 Å². The van der Waals surface area contributed by atoms with Gasteiger partial charge >= 0.3 is 8.80 Å². The summed E-state index contributed by atoms with van der Waals surface area (Å²) in [6.07, 6.45) is 4.03.